The van der Waals surface area contributed by atoms with Crippen LogP contribution in [0.4, 0.5) is 0 Å². The molecule has 0 fully saturated rings. The summed E-state index contributed by atoms with van der Waals surface area (Å²) < 4.78 is 31.0. The van der Waals surface area contributed by atoms with E-state index in [-0.39, 0.29) is 22.3 Å². The fourth-order valence-electron chi connectivity index (χ4n) is 0.817. The van der Waals surface area contributed by atoms with Crippen LogP contribution in [-0.2, 0) is 9.84 Å². The second-order valence-electron chi connectivity index (χ2n) is 2.53. The van der Waals surface area contributed by atoms with E-state index in [0.29, 0.717) is 11.5 Å². The van der Waals surface area contributed by atoms with Crippen LogP contribution in [0.15, 0.2) is 4.21 Å². The Morgan fingerprint density at radius 1 is 1.67 bits per heavy atom. The van der Waals surface area contributed by atoms with Crippen molar-refractivity contribution in [3.63, 3.8) is 0 Å². The summed E-state index contributed by atoms with van der Waals surface area (Å²) in [6.45, 7) is -0.0540. The van der Waals surface area contributed by atoms with Crippen molar-refractivity contribution < 1.29 is 13.2 Å². The molecule has 0 saturated heterocycles. The van der Waals surface area contributed by atoms with Crippen molar-refractivity contribution in [2.24, 2.45) is 0 Å². The van der Waals surface area contributed by atoms with E-state index in [4.69, 9.17) is 16.4 Å². The van der Waals surface area contributed by atoms with E-state index in [1.807, 2.05) is 0 Å². The third kappa shape index (κ3) is 2.46. The lowest BCUT2D eigenvalue weighted by molar-refractivity contribution is 0.358. The van der Waals surface area contributed by atoms with E-state index >= 15 is 0 Å². The summed E-state index contributed by atoms with van der Waals surface area (Å²) in [5, 5.41) is 8.77. The summed E-state index contributed by atoms with van der Waals surface area (Å²) in [6.07, 6.45) is 5.97. The molecule has 0 aliphatic carbocycles. The SMILES string of the molecule is C#CCOc1nsc(S(C)(=O)=O)c1C#N. The minimum atomic E-state index is -3.45. The highest BCUT2D eigenvalue weighted by atomic mass is 32.2. The predicted octanol–water partition coefficient (Wildman–Crippen LogP) is 0.430. The van der Waals surface area contributed by atoms with E-state index in [9.17, 15) is 8.42 Å². The maximum absolute atomic E-state index is 11.2. The number of hydrogen-bond donors (Lipinski definition) is 0. The maximum Gasteiger partial charge on any atom is 0.245 e. The van der Waals surface area contributed by atoms with Crippen LogP contribution < -0.4 is 4.74 Å². The summed E-state index contributed by atoms with van der Waals surface area (Å²) in [4.78, 5) is 0. The van der Waals surface area contributed by atoms with Gasteiger partial charge in [-0.2, -0.15) is 9.64 Å². The molecule has 0 aliphatic rings. The smallest absolute Gasteiger partial charge is 0.245 e. The third-order valence-corrected chi connectivity index (χ3v) is 4.01. The Hall–Kier alpha value is -1.57. The van der Waals surface area contributed by atoms with Crippen LogP contribution in [0.3, 0.4) is 0 Å². The molecular formula is C8H6N2O3S2. The van der Waals surface area contributed by atoms with Gasteiger partial charge in [-0.05, 0) is 11.5 Å². The second kappa shape index (κ2) is 4.30. The molecule has 0 bridgehead atoms. The quantitative estimate of drug-likeness (QED) is 0.718. The van der Waals surface area contributed by atoms with Crippen LogP contribution in [0, 0.1) is 23.7 Å². The third-order valence-electron chi connectivity index (χ3n) is 1.37. The van der Waals surface area contributed by atoms with Gasteiger partial charge in [0.1, 0.15) is 11.6 Å². The molecule has 0 spiro atoms. The molecule has 15 heavy (non-hydrogen) atoms. The molecular weight excluding hydrogens is 236 g/mol. The van der Waals surface area contributed by atoms with Crippen LogP contribution >= 0.6 is 11.5 Å². The van der Waals surface area contributed by atoms with Gasteiger partial charge < -0.3 is 4.74 Å². The molecule has 0 radical (unpaired) electrons. The number of ether oxygens (including phenoxy) is 1. The van der Waals surface area contributed by atoms with Gasteiger partial charge in [0.05, 0.1) is 0 Å². The molecule has 0 aliphatic heterocycles. The summed E-state index contributed by atoms with van der Waals surface area (Å²) in [6, 6.07) is 1.73. The number of rotatable bonds is 3. The second-order valence-corrected chi connectivity index (χ2v) is 5.51. The van der Waals surface area contributed by atoms with Crippen molar-refractivity contribution in [2.75, 3.05) is 12.9 Å². The Morgan fingerprint density at radius 3 is 2.80 bits per heavy atom. The van der Waals surface area contributed by atoms with Crippen LogP contribution in [-0.4, -0.2) is 25.7 Å². The van der Waals surface area contributed by atoms with E-state index < -0.39 is 9.84 Å². The Bertz CT molecular complexity index is 545. The Morgan fingerprint density at radius 2 is 2.33 bits per heavy atom. The van der Waals surface area contributed by atoms with Crippen LogP contribution in [0.2, 0.25) is 0 Å². The molecule has 5 nitrogen and oxygen atoms in total. The predicted molar refractivity (Wildman–Crippen MR) is 54.3 cm³/mol. The zero-order chi connectivity index (χ0) is 11.5. The van der Waals surface area contributed by atoms with Gasteiger partial charge >= 0.3 is 0 Å². The number of sulfone groups is 1. The van der Waals surface area contributed by atoms with Gasteiger partial charge in [-0.15, -0.1) is 6.42 Å². The van der Waals surface area contributed by atoms with Gasteiger partial charge in [0.25, 0.3) is 0 Å². The van der Waals surface area contributed by atoms with E-state index in [0.717, 1.165) is 6.26 Å². The first kappa shape index (κ1) is 11.5. The van der Waals surface area contributed by atoms with Crippen molar-refractivity contribution >= 4 is 21.4 Å². The zero-order valence-electron chi connectivity index (χ0n) is 7.72. The van der Waals surface area contributed by atoms with Crippen molar-refractivity contribution in [2.45, 2.75) is 4.21 Å². The van der Waals surface area contributed by atoms with Gasteiger partial charge in [-0.3, -0.25) is 0 Å². The van der Waals surface area contributed by atoms with Gasteiger partial charge in [-0.25, -0.2) is 8.42 Å². The first-order valence-corrected chi connectivity index (χ1v) is 6.33. The lowest BCUT2D eigenvalue weighted by Gasteiger charge is -1.96. The molecule has 1 aromatic heterocycles. The highest BCUT2D eigenvalue weighted by Gasteiger charge is 2.22. The normalized spacial score (nSPS) is 10.3. The molecule has 0 N–H and O–H groups in total. The molecule has 1 heterocycles. The summed E-state index contributed by atoms with van der Waals surface area (Å²) in [5.41, 5.74) is -0.0854. The van der Waals surface area contributed by atoms with Gasteiger partial charge in [0, 0.05) is 6.26 Å². The molecule has 0 aromatic carbocycles. The minimum absolute atomic E-state index is 0.0270. The monoisotopic (exact) mass is 242 g/mol. The van der Waals surface area contributed by atoms with E-state index in [2.05, 4.69) is 10.3 Å². The first-order valence-electron chi connectivity index (χ1n) is 3.66. The average Bonchev–Trinajstić information content (AvgIpc) is 2.56. The molecule has 0 unspecified atom stereocenters. The van der Waals surface area contributed by atoms with Crippen molar-refractivity contribution in [3.8, 4) is 24.3 Å². The molecule has 0 atom stereocenters. The molecule has 78 valence electrons. The van der Waals surface area contributed by atoms with Crippen molar-refractivity contribution in [1.82, 2.24) is 4.37 Å². The largest absolute Gasteiger partial charge is 0.463 e. The average molecular weight is 242 g/mol. The van der Waals surface area contributed by atoms with E-state index in [1.54, 1.807) is 6.07 Å². The highest BCUT2D eigenvalue weighted by molar-refractivity contribution is 7.92. The fourth-order valence-corrected chi connectivity index (χ4v) is 2.51. The van der Waals surface area contributed by atoms with Crippen LogP contribution in [0.1, 0.15) is 5.56 Å². The summed E-state index contributed by atoms with van der Waals surface area (Å²) in [7, 11) is -3.45. The fraction of sp³-hybridized carbons (Fsp3) is 0.250. The molecule has 0 saturated carbocycles. The number of nitrogens with zero attached hydrogens (tertiary/aromatic N) is 2. The lowest BCUT2D eigenvalue weighted by atomic mass is 10.4. The highest BCUT2D eigenvalue weighted by Crippen LogP contribution is 2.28. The summed E-state index contributed by atoms with van der Waals surface area (Å²) in [5.74, 6) is 2.17. The zero-order valence-corrected chi connectivity index (χ0v) is 9.35. The molecule has 0 amide bonds. The van der Waals surface area contributed by atoms with Crippen molar-refractivity contribution in [1.29, 1.82) is 5.26 Å². The van der Waals surface area contributed by atoms with Crippen molar-refractivity contribution in [3.05, 3.63) is 5.56 Å². The van der Waals surface area contributed by atoms with Gasteiger partial charge in [-0.1, -0.05) is 5.92 Å². The Labute approximate surface area is 91.4 Å². The number of aromatic nitrogens is 1. The number of nitriles is 1. The van der Waals surface area contributed by atoms with E-state index in [1.165, 1.54) is 0 Å². The summed E-state index contributed by atoms with van der Waals surface area (Å²) >= 11 is 0.704. The minimum Gasteiger partial charge on any atom is -0.463 e. The standard InChI is InChI=1S/C8H6N2O3S2/c1-3-4-13-7-6(5-9)8(14-10-7)15(2,11)12/h1H,4H2,2H3. The van der Waals surface area contributed by atoms with Gasteiger partial charge in [0.15, 0.2) is 20.7 Å². The van der Waals surface area contributed by atoms with Crippen LogP contribution in [0.25, 0.3) is 0 Å². The Balaban J connectivity index is 3.21. The molecule has 1 rings (SSSR count). The Kier molecular flexibility index (Phi) is 3.30. The maximum atomic E-state index is 11.2. The molecule has 1 aromatic rings. The molecule has 7 heteroatoms. The topological polar surface area (TPSA) is 80.0 Å². The van der Waals surface area contributed by atoms with Crippen LogP contribution in [0.5, 0.6) is 5.88 Å². The number of hydrogen-bond acceptors (Lipinski definition) is 6. The lowest BCUT2D eigenvalue weighted by Crippen LogP contribution is -1.99. The first-order chi connectivity index (χ1) is 7.00. The number of terminal acetylenes is 1. The van der Waals surface area contributed by atoms with Gasteiger partial charge in [0.2, 0.25) is 5.88 Å².